The molecule has 0 saturated carbocycles. The van der Waals surface area contributed by atoms with Crippen LogP contribution >= 0.6 is 12.2 Å². The topological polar surface area (TPSA) is 70.7 Å². The SMILES string of the molecule is CCCCCn1c(=O)[nH]c(=S)[nH]c1=O. The third kappa shape index (κ3) is 2.66. The van der Waals surface area contributed by atoms with Crippen molar-refractivity contribution >= 4 is 12.2 Å². The summed E-state index contributed by atoms with van der Waals surface area (Å²) in [5.41, 5.74) is -0.871. The molecule has 0 aromatic carbocycles. The molecular weight excluding hydrogens is 202 g/mol. The van der Waals surface area contributed by atoms with E-state index in [1.807, 2.05) is 0 Å². The van der Waals surface area contributed by atoms with Gasteiger partial charge in [-0.05, 0) is 18.6 Å². The number of hydrogen-bond acceptors (Lipinski definition) is 3. The van der Waals surface area contributed by atoms with Crippen molar-refractivity contribution in [1.82, 2.24) is 14.5 Å². The average molecular weight is 215 g/mol. The molecule has 0 fully saturated rings. The molecule has 5 nitrogen and oxygen atoms in total. The Balaban J connectivity index is 2.93. The number of nitrogens with one attached hydrogen (secondary N) is 2. The zero-order valence-electron chi connectivity index (χ0n) is 8.00. The fourth-order valence-electron chi connectivity index (χ4n) is 1.18. The van der Waals surface area contributed by atoms with Crippen LogP contribution in [0.3, 0.4) is 0 Å². The first-order chi connectivity index (χ1) is 6.65. The molecule has 0 spiro atoms. The summed E-state index contributed by atoms with van der Waals surface area (Å²) in [4.78, 5) is 27.3. The molecule has 1 aromatic rings. The summed E-state index contributed by atoms with van der Waals surface area (Å²) in [6, 6.07) is 0. The molecule has 0 radical (unpaired) electrons. The summed E-state index contributed by atoms with van der Waals surface area (Å²) in [5, 5.41) is 0. The Morgan fingerprint density at radius 1 is 1.21 bits per heavy atom. The van der Waals surface area contributed by atoms with Crippen molar-refractivity contribution in [3.8, 4) is 0 Å². The number of aromatic nitrogens is 3. The van der Waals surface area contributed by atoms with Gasteiger partial charge >= 0.3 is 11.4 Å². The molecular formula is C8H13N3O2S. The number of rotatable bonds is 4. The first-order valence-corrected chi connectivity index (χ1v) is 4.99. The lowest BCUT2D eigenvalue weighted by molar-refractivity contribution is 0.547. The normalized spacial score (nSPS) is 10.4. The van der Waals surface area contributed by atoms with Crippen LogP contribution < -0.4 is 11.4 Å². The molecule has 0 bridgehead atoms. The van der Waals surface area contributed by atoms with Crippen molar-refractivity contribution in [1.29, 1.82) is 0 Å². The standard InChI is InChI=1S/C8H13N3O2S/c1-2-3-4-5-11-7(12)9-6(14)10-8(11)13/h2-5H2,1H3,(H2,9,10,12,13,14). The lowest BCUT2D eigenvalue weighted by Crippen LogP contribution is -2.36. The van der Waals surface area contributed by atoms with E-state index >= 15 is 0 Å². The van der Waals surface area contributed by atoms with Crippen molar-refractivity contribution in [3.05, 3.63) is 25.7 Å². The summed E-state index contributed by atoms with van der Waals surface area (Å²) >= 11 is 4.66. The average Bonchev–Trinajstić information content (AvgIpc) is 2.09. The van der Waals surface area contributed by atoms with E-state index < -0.39 is 11.4 Å². The Labute approximate surface area is 85.8 Å². The maximum atomic E-state index is 11.3. The largest absolute Gasteiger partial charge is 0.331 e. The first kappa shape index (κ1) is 10.9. The lowest BCUT2D eigenvalue weighted by Gasteiger charge is -2.01. The Morgan fingerprint density at radius 2 is 1.79 bits per heavy atom. The highest BCUT2D eigenvalue weighted by molar-refractivity contribution is 7.71. The van der Waals surface area contributed by atoms with Gasteiger partial charge in [0.15, 0.2) is 4.77 Å². The predicted octanol–water partition coefficient (Wildman–Crippen LogP) is 0.784. The van der Waals surface area contributed by atoms with E-state index in [9.17, 15) is 9.59 Å². The Bertz CT molecular complexity index is 422. The molecule has 0 aliphatic carbocycles. The number of nitrogens with zero attached hydrogens (tertiary/aromatic N) is 1. The quantitative estimate of drug-likeness (QED) is 0.576. The minimum atomic E-state index is -0.435. The summed E-state index contributed by atoms with van der Waals surface area (Å²) in [6.07, 6.45) is 2.88. The Kier molecular flexibility index (Phi) is 3.82. The highest BCUT2D eigenvalue weighted by Crippen LogP contribution is 1.93. The van der Waals surface area contributed by atoms with Crippen LogP contribution in [0.15, 0.2) is 9.59 Å². The highest BCUT2D eigenvalue weighted by atomic mass is 32.1. The zero-order chi connectivity index (χ0) is 10.6. The Morgan fingerprint density at radius 3 is 2.29 bits per heavy atom. The molecule has 1 rings (SSSR count). The number of aromatic amines is 2. The second kappa shape index (κ2) is 4.90. The van der Waals surface area contributed by atoms with Crippen molar-refractivity contribution in [3.63, 3.8) is 0 Å². The predicted molar refractivity (Wildman–Crippen MR) is 56.0 cm³/mol. The van der Waals surface area contributed by atoms with Crippen LogP contribution in [0.2, 0.25) is 0 Å². The minimum Gasteiger partial charge on any atom is -0.284 e. The third-order valence-electron chi connectivity index (χ3n) is 1.92. The van der Waals surface area contributed by atoms with E-state index in [-0.39, 0.29) is 4.77 Å². The second-order valence-corrected chi connectivity index (χ2v) is 3.46. The van der Waals surface area contributed by atoms with Crippen LogP contribution in [0.25, 0.3) is 0 Å². The van der Waals surface area contributed by atoms with Crippen LogP contribution in [0, 0.1) is 4.77 Å². The molecule has 1 aromatic heterocycles. The van der Waals surface area contributed by atoms with Gasteiger partial charge in [-0.25, -0.2) is 14.2 Å². The molecule has 1 heterocycles. The van der Waals surface area contributed by atoms with Crippen molar-refractivity contribution in [2.45, 2.75) is 32.7 Å². The van der Waals surface area contributed by atoms with E-state index in [0.717, 1.165) is 23.8 Å². The van der Waals surface area contributed by atoms with Gasteiger partial charge in [-0.2, -0.15) is 0 Å². The summed E-state index contributed by atoms with van der Waals surface area (Å²) < 4.78 is 1.21. The molecule has 2 N–H and O–H groups in total. The van der Waals surface area contributed by atoms with Gasteiger partial charge in [0, 0.05) is 6.54 Å². The summed E-state index contributed by atoms with van der Waals surface area (Å²) in [7, 11) is 0. The van der Waals surface area contributed by atoms with Gasteiger partial charge in [-0.15, -0.1) is 0 Å². The maximum Gasteiger partial charge on any atom is 0.331 e. The smallest absolute Gasteiger partial charge is 0.284 e. The van der Waals surface area contributed by atoms with Crippen LogP contribution in [0.5, 0.6) is 0 Å². The van der Waals surface area contributed by atoms with E-state index in [1.54, 1.807) is 0 Å². The first-order valence-electron chi connectivity index (χ1n) is 4.58. The number of unbranched alkanes of at least 4 members (excludes halogenated alkanes) is 2. The molecule has 0 amide bonds. The van der Waals surface area contributed by atoms with Crippen LogP contribution in [0.4, 0.5) is 0 Å². The summed E-state index contributed by atoms with van der Waals surface area (Å²) in [5.74, 6) is 0. The zero-order valence-corrected chi connectivity index (χ0v) is 8.82. The van der Waals surface area contributed by atoms with E-state index in [0.29, 0.717) is 6.54 Å². The molecule has 14 heavy (non-hydrogen) atoms. The molecule has 0 unspecified atom stereocenters. The molecule has 0 saturated heterocycles. The highest BCUT2D eigenvalue weighted by Gasteiger charge is 1.99. The van der Waals surface area contributed by atoms with Gasteiger partial charge in [0.1, 0.15) is 0 Å². The van der Waals surface area contributed by atoms with Gasteiger partial charge in [0.05, 0.1) is 0 Å². The van der Waals surface area contributed by atoms with Crippen molar-refractivity contribution in [2.75, 3.05) is 0 Å². The van der Waals surface area contributed by atoms with Gasteiger partial charge in [0.2, 0.25) is 0 Å². The maximum absolute atomic E-state index is 11.3. The van der Waals surface area contributed by atoms with Gasteiger partial charge in [-0.3, -0.25) is 9.97 Å². The Hall–Kier alpha value is -1.17. The van der Waals surface area contributed by atoms with Crippen molar-refractivity contribution in [2.24, 2.45) is 0 Å². The summed E-state index contributed by atoms with van der Waals surface area (Å²) in [6.45, 7) is 2.50. The van der Waals surface area contributed by atoms with E-state index in [4.69, 9.17) is 0 Å². The number of hydrogen-bond donors (Lipinski definition) is 2. The van der Waals surface area contributed by atoms with E-state index in [2.05, 4.69) is 29.1 Å². The van der Waals surface area contributed by atoms with Crippen LogP contribution in [-0.4, -0.2) is 14.5 Å². The van der Waals surface area contributed by atoms with Gasteiger partial charge < -0.3 is 0 Å². The van der Waals surface area contributed by atoms with Crippen LogP contribution in [0.1, 0.15) is 26.2 Å². The third-order valence-corrected chi connectivity index (χ3v) is 2.12. The number of H-pyrrole nitrogens is 2. The second-order valence-electron chi connectivity index (χ2n) is 3.05. The monoisotopic (exact) mass is 215 g/mol. The fourth-order valence-corrected chi connectivity index (χ4v) is 1.35. The molecule has 6 heteroatoms. The van der Waals surface area contributed by atoms with E-state index in [1.165, 1.54) is 0 Å². The molecule has 78 valence electrons. The van der Waals surface area contributed by atoms with Crippen LogP contribution in [-0.2, 0) is 6.54 Å². The molecule has 0 aliphatic heterocycles. The molecule has 0 atom stereocenters. The fraction of sp³-hybridized carbons (Fsp3) is 0.625. The lowest BCUT2D eigenvalue weighted by atomic mass is 10.2. The van der Waals surface area contributed by atoms with Gasteiger partial charge in [0.25, 0.3) is 0 Å². The molecule has 0 aliphatic rings. The van der Waals surface area contributed by atoms with Crippen molar-refractivity contribution < 1.29 is 0 Å². The minimum absolute atomic E-state index is 0.0757. The van der Waals surface area contributed by atoms with Gasteiger partial charge in [-0.1, -0.05) is 19.8 Å².